The van der Waals surface area contributed by atoms with Crippen LogP contribution in [0.5, 0.6) is 5.75 Å². The number of aromatic hydroxyl groups is 1. The third-order valence-corrected chi connectivity index (χ3v) is 6.74. The van der Waals surface area contributed by atoms with Crippen molar-refractivity contribution in [3.63, 3.8) is 0 Å². The van der Waals surface area contributed by atoms with Crippen LogP contribution >= 0.6 is 0 Å². The molecule has 6 heteroatoms. The Kier molecular flexibility index (Phi) is 5.25. The Morgan fingerprint density at radius 2 is 2.09 bits per heavy atom. The van der Waals surface area contributed by atoms with E-state index in [-0.39, 0.29) is 11.2 Å². The van der Waals surface area contributed by atoms with Crippen LogP contribution in [0.25, 0.3) is 33.4 Å². The fraction of sp³-hybridized carbons (Fsp3) is 0.385. The molecule has 0 amide bonds. The van der Waals surface area contributed by atoms with Gasteiger partial charge in [0.15, 0.2) is 0 Å². The molecule has 1 N–H and O–H groups in total. The molecule has 32 heavy (non-hydrogen) atoms. The van der Waals surface area contributed by atoms with E-state index in [0.717, 1.165) is 36.1 Å². The number of benzene rings is 2. The Balaban J connectivity index is 1.67. The number of nitrogens with zero attached hydrogens (tertiary/aromatic N) is 3. The summed E-state index contributed by atoms with van der Waals surface area (Å²) in [6.45, 7) is 6.80. The van der Waals surface area contributed by atoms with Gasteiger partial charge < -0.3 is 14.1 Å². The molecule has 0 spiro atoms. The van der Waals surface area contributed by atoms with Gasteiger partial charge in [-0.3, -0.25) is 9.69 Å². The number of aromatic nitrogens is 2. The lowest BCUT2D eigenvalue weighted by Crippen LogP contribution is -2.33. The van der Waals surface area contributed by atoms with Gasteiger partial charge in [-0.2, -0.15) is 0 Å². The first-order chi connectivity index (χ1) is 15.5. The van der Waals surface area contributed by atoms with Crippen LogP contribution in [0.15, 0.2) is 45.8 Å². The van der Waals surface area contributed by atoms with E-state index >= 15 is 0 Å². The summed E-state index contributed by atoms with van der Waals surface area (Å²) in [5.41, 5.74) is 4.07. The lowest BCUT2D eigenvalue weighted by molar-refractivity contribution is 0.175. The molecule has 5 rings (SSSR count). The second kappa shape index (κ2) is 8.10. The van der Waals surface area contributed by atoms with Crippen molar-refractivity contribution in [1.82, 2.24) is 14.5 Å². The van der Waals surface area contributed by atoms with E-state index in [2.05, 4.69) is 16.8 Å². The Morgan fingerprint density at radius 1 is 1.28 bits per heavy atom. The van der Waals surface area contributed by atoms with Gasteiger partial charge in [-0.25, -0.2) is 4.98 Å². The summed E-state index contributed by atoms with van der Waals surface area (Å²) in [5.74, 6) is 1.46. The number of hydrogen-bond donors (Lipinski definition) is 1. The highest BCUT2D eigenvalue weighted by Gasteiger charge is 2.24. The Labute approximate surface area is 187 Å². The van der Waals surface area contributed by atoms with Crippen molar-refractivity contribution in [2.75, 3.05) is 13.1 Å². The third kappa shape index (κ3) is 3.39. The fourth-order valence-corrected chi connectivity index (χ4v) is 5.00. The topological polar surface area (TPSA) is 71.5 Å². The van der Waals surface area contributed by atoms with Gasteiger partial charge in [-0.15, -0.1) is 0 Å². The van der Waals surface area contributed by atoms with Crippen LogP contribution in [0, 0.1) is 5.92 Å². The highest BCUT2D eigenvalue weighted by atomic mass is 16.3. The number of piperidine rings is 1. The molecular weight excluding hydrogens is 402 g/mol. The fourth-order valence-electron chi connectivity index (χ4n) is 5.00. The van der Waals surface area contributed by atoms with Crippen LogP contribution in [0.2, 0.25) is 0 Å². The van der Waals surface area contributed by atoms with Gasteiger partial charge in [0.2, 0.25) is 5.43 Å². The van der Waals surface area contributed by atoms with Crippen molar-refractivity contribution in [1.29, 1.82) is 0 Å². The van der Waals surface area contributed by atoms with Gasteiger partial charge >= 0.3 is 0 Å². The molecule has 1 atom stereocenters. The van der Waals surface area contributed by atoms with E-state index in [0.29, 0.717) is 46.8 Å². The molecule has 0 aliphatic carbocycles. The van der Waals surface area contributed by atoms with Crippen molar-refractivity contribution in [3.05, 3.63) is 57.9 Å². The van der Waals surface area contributed by atoms with Crippen molar-refractivity contribution in [3.8, 4) is 17.1 Å². The molecule has 1 aliphatic heterocycles. The monoisotopic (exact) mass is 431 g/mol. The van der Waals surface area contributed by atoms with Gasteiger partial charge in [0.25, 0.3) is 0 Å². The number of likely N-dealkylation sites (tertiary alicyclic amines) is 1. The first kappa shape index (κ1) is 20.8. The molecule has 1 saturated heterocycles. The number of phenols is 1. The van der Waals surface area contributed by atoms with Crippen molar-refractivity contribution < 1.29 is 9.52 Å². The lowest BCUT2D eigenvalue weighted by Gasteiger charge is -2.31. The highest BCUT2D eigenvalue weighted by Crippen LogP contribution is 2.34. The molecular formula is C26H29N3O3. The number of phenolic OH excluding ortho intramolecular Hbond substituents is 1. The second-order valence-corrected chi connectivity index (χ2v) is 9.04. The Morgan fingerprint density at radius 3 is 2.84 bits per heavy atom. The summed E-state index contributed by atoms with van der Waals surface area (Å²) < 4.78 is 7.99. The zero-order chi connectivity index (χ0) is 22.4. The lowest BCUT2D eigenvalue weighted by atomic mass is 9.97. The maximum atomic E-state index is 13.6. The first-order valence-electron chi connectivity index (χ1n) is 11.4. The van der Waals surface area contributed by atoms with Gasteiger partial charge in [0.1, 0.15) is 29.0 Å². The van der Waals surface area contributed by atoms with E-state index in [4.69, 9.17) is 4.42 Å². The number of aryl methyl sites for hydroxylation is 2. The smallest absolute Gasteiger partial charge is 0.203 e. The van der Waals surface area contributed by atoms with E-state index in [1.54, 1.807) is 6.07 Å². The Bertz CT molecular complexity index is 1370. The van der Waals surface area contributed by atoms with E-state index in [1.807, 2.05) is 42.8 Å². The van der Waals surface area contributed by atoms with Crippen LogP contribution < -0.4 is 5.43 Å². The van der Waals surface area contributed by atoms with Crippen molar-refractivity contribution in [2.45, 2.75) is 39.7 Å². The van der Waals surface area contributed by atoms with Gasteiger partial charge in [-0.05, 0) is 55.5 Å². The molecule has 0 radical (unpaired) electrons. The van der Waals surface area contributed by atoms with Crippen molar-refractivity contribution >= 4 is 22.0 Å². The minimum atomic E-state index is -0.118. The van der Waals surface area contributed by atoms with Crippen LogP contribution in [0.1, 0.15) is 37.8 Å². The average molecular weight is 432 g/mol. The molecule has 0 saturated carbocycles. The predicted octanol–water partition coefficient (Wildman–Crippen LogP) is 4.85. The van der Waals surface area contributed by atoms with Crippen LogP contribution in [-0.4, -0.2) is 32.6 Å². The number of hydrogen-bond acceptors (Lipinski definition) is 5. The molecule has 0 unspecified atom stereocenters. The minimum absolute atomic E-state index is 0.118. The highest BCUT2D eigenvalue weighted by molar-refractivity contribution is 5.87. The van der Waals surface area contributed by atoms with Gasteiger partial charge in [0.05, 0.1) is 22.0 Å². The second-order valence-electron chi connectivity index (χ2n) is 9.04. The average Bonchev–Trinajstić information content (AvgIpc) is 3.12. The summed E-state index contributed by atoms with van der Waals surface area (Å²) in [7, 11) is 1.91. The summed E-state index contributed by atoms with van der Waals surface area (Å²) in [6, 6.07) is 9.60. The summed E-state index contributed by atoms with van der Waals surface area (Å²) in [5, 5.41) is 11.5. The standard InChI is InChI=1S/C26H29N3O3/c1-4-17-12-18-24(31)20(26-27-21-9-5-6-10-22(21)28(26)3)15-32-25(18)19(23(17)30)14-29-11-7-8-16(2)13-29/h5-6,9-10,12,15-16,30H,4,7-8,11,13-14H2,1-3H3/t16-/m1/s1. The normalized spacial score (nSPS) is 17.4. The Hall–Kier alpha value is -3.12. The molecule has 6 nitrogen and oxygen atoms in total. The van der Waals surface area contributed by atoms with Crippen LogP contribution in [0.3, 0.4) is 0 Å². The number of para-hydroxylation sites is 2. The molecule has 3 heterocycles. The molecule has 1 aliphatic rings. The molecule has 2 aromatic heterocycles. The van der Waals surface area contributed by atoms with E-state index < -0.39 is 0 Å². The van der Waals surface area contributed by atoms with E-state index in [1.165, 1.54) is 12.7 Å². The largest absolute Gasteiger partial charge is 0.507 e. The van der Waals surface area contributed by atoms with E-state index in [9.17, 15) is 9.90 Å². The van der Waals surface area contributed by atoms with Crippen molar-refractivity contribution in [2.24, 2.45) is 13.0 Å². The third-order valence-electron chi connectivity index (χ3n) is 6.74. The first-order valence-corrected chi connectivity index (χ1v) is 11.4. The van der Waals surface area contributed by atoms with Gasteiger partial charge in [0, 0.05) is 20.1 Å². The summed E-state index contributed by atoms with van der Waals surface area (Å²) in [6.07, 6.45) is 4.52. The van der Waals surface area contributed by atoms with Gasteiger partial charge in [-0.1, -0.05) is 26.0 Å². The SMILES string of the molecule is CCc1cc2c(=O)c(-c3nc4ccccc4n3C)coc2c(CN2CCC[C@@H](C)C2)c1O. The zero-order valence-corrected chi connectivity index (χ0v) is 18.9. The number of rotatable bonds is 4. The molecule has 1 fully saturated rings. The van der Waals surface area contributed by atoms with Crippen LogP contribution in [-0.2, 0) is 20.0 Å². The van der Waals surface area contributed by atoms with Crippen LogP contribution in [0.4, 0.5) is 0 Å². The molecule has 166 valence electrons. The summed E-state index contributed by atoms with van der Waals surface area (Å²) in [4.78, 5) is 20.7. The number of fused-ring (bicyclic) bond motifs is 2. The maximum Gasteiger partial charge on any atom is 0.203 e. The molecule has 2 aromatic carbocycles. The zero-order valence-electron chi connectivity index (χ0n) is 18.9. The molecule has 0 bridgehead atoms. The number of imidazole rings is 1. The predicted molar refractivity (Wildman–Crippen MR) is 127 cm³/mol. The minimum Gasteiger partial charge on any atom is -0.507 e. The quantitative estimate of drug-likeness (QED) is 0.500. The molecule has 4 aromatic rings. The maximum absolute atomic E-state index is 13.6. The summed E-state index contributed by atoms with van der Waals surface area (Å²) >= 11 is 0.